The summed E-state index contributed by atoms with van der Waals surface area (Å²) in [5.41, 5.74) is 3.30. The van der Waals surface area contributed by atoms with Crippen molar-refractivity contribution in [3.63, 3.8) is 0 Å². The normalized spacial score (nSPS) is 10.5. The molecular weight excluding hydrogens is 248 g/mol. The van der Waals surface area contributed by atoms with E-state index in [1.807, 2.05) is 42.3 Å². The van der Waals surface area contributed by atoms with Crippen molar-refractivity contribution < 1.29 is 4.42 Å². The molecule has 0 fully saturated rings. The lowest BCUT2D eigenvalue weighted by atomic mass is 10.2. The minimum Gasteiger partial charge on any atom is -0.420 e. The lowest BCUT2D eigenvalue weighted by Crippen LogP contribution is -2.07. The van der Waals surface area contributed by atoms with Gasteiger partial charge in [-0.2, -0.15) is 0 Å². The van der Waals surface area contributed by atoms with E-state index in [-0.39, 0.29) is 0 Å². The number of hydrogen-bond donors (Lipinski definition) is 0. The molecular formula is C17H16N2O. The maximum atomic E-state index is 5.83. The zero-order chi connectivity index (χ0) is 13.9. The second-order valence-electron chi connectivity index (χ2n) is 4.76. The van der Waals surface area contributed by atoms with Crippen LogP contribution in [-0.4, -0.2) is 12.0 Å². The summed E-state index contributed by atoms with van der Waals surface area (Å²) < 4.78 is 5.83. The maximum absolute atomic E-state index is 5.83. The lowest BCUT2D eigenvalue weighted by molar-refractivity contribution is 0.576. The fourth-order valence-corrected chi connectivity index (χ4v) is 2.03. The molecule has 0 N–H and O–H groups in total. The molecule has 0 atom stereocenters. The van der Waals surface area contributed by atoms with E-state index in [2.05, 4.69) is 36.2 Å². The molecule has 3 rings (SSSR count). The van der Waals surface area contributed by atoms with Crippen LogP contribution in [0.5, 0.6) is 0 Å². The summed E-state index contributed by atoms with van der Waals surface area (Å²) in [5.74, 6) is 1.37. The van der Waals surface area contributed by atoms with Gasteiger partial charge < -0.3 is 9.32 Å². The van der Waals surface area contributed by atoms with Crippen LogP contribution in [0.3, 0.4) is 0 Å². The topological polar surface area (TPSA) is 29.3 Å². The molecule has 0 aliphatic heterocycles. The number of benzene rings is 2. The molecule has 1 aromatic heterocycles. The van der Waals surface area contributed by atoms with Crippen LogP contribution in [0.25, 0.3) is 11.5 Å². The number of oxazole rings is 1. The van der Waals surface area contributed by atoms with Crippen molar-refractivity contribution in [2.75, 3.05) is 11.9 Å². The van der Waals surface area contributed by atoms with Gasteiger partial charge in [0.15, 0.2) is 0 Å². The fourth-order valence-electron chi connectivity index (χ4n) is 2.03. The highest BCUT2D eigenvalue weighted by Crippen LogP contribution is 2.28. The lowest BCUT2D eigenvalue weighted by Gasteiger charge is -2.15. The molecule has 20 heavy (non-hydrogen) atoms. The van der Waals surface area contributed by atoms with Gasteiger partial charge in [0.05, 0.1) is 6.20 Å². The van der Waals surface area contributed by atoms with E-state index in [1.54, 1.807) is 6.20 Å². The Hall–Kier alpha value is -2.55. The van der Waals surface area contributed by atoms with E-state index in [9.17, 15) is 0 Å². The largest absolute Gasteiger partial charge is 0.420 e. The summed E-state index contributed by atoms with van der Waals surface area (Å²) in [7, 11) is 1.97. The highest BCUT2D eigenvalue weighted by Gasteiger charge is 2.11. The second-order valence-corrected chi connectivity index (χ2v) is 4.76. The molecule has 0 saturated heterocycles. The zero-order valence-corrected chi connectivity index (χ0v) is 11.6. The Kier molecular flexibility index (Phi) is 3.25. The summed E-state index contributed by atoms with van der Waals surface area (Å²) in [6.45, 7) is 2.08. The van der Waals surface area contributed by atoms with Gasteiger partial charge in [0, 0.05) is 18.3 Å². The average Bonchev–Trinajstić information content (AvgIpc) is 2.98. The third-order valence-electron chi connectivity index (χ3n) is 3.27. The smallest absolute Gasteiger partial charge is 0.228 e. The van der Waals surface area contributed by atoms with Crippen molar-refractivity contribution in [1.29, 1.82) is 0 Å². The summed E-state index contributed by atoms with van der Waals surface area (Å²) in [4.78, 5) is 6.33. The van der Waals surface area contributed by atoms with Crippen LogP contribution >= 0.6 is 0 Å². The molecule has 100 valence electrons. The van der Waals surface area contributed by atoms with Crippen molar-refractivity contribution >= 4 is 11.6 Å². The highest BCUT2D eigenvalue weighted by atomic mass is 16.4. The number of aryl methyl sites for hydroxylation is 1. The van der Waals surface area contributed by atoms with Crippen LogP contribution in [-0.2, 0) is 0 Å². The predicted octanol–water partition coefficient (Wildman–Crippen LogP) is 4.42. The molecule has 0 radical (unpaired) electrons. The molecule has 0 aliphatic carbocycles. The molecule has 3 aromatic rings. The van der Waals surface area contributed by atoms with Crippen LogP contribution in [0.2, 0.25) is 0 Å². The Balaban J connectivity index is 1.88. The van der Waals surface area contributed by atoms with Crippen LogP contribution in [0.1, 0.15) is 5.56 Å². The number of hydrogen-bond acceptors (Lipinski definition) is 3. The fraction of sp³-hybridized carbons (Fsp3) is 0.118. The van der Waals surface area contributed by atoms with E-state index in [0.29, 0.717) is 5.89 Å². The monoisotopic (exact) mass is 264 g/mol. The Morgan fingerprint density at radius 1 is 0.950 bits per heavy atom. The first-order valence-electron chi connectivity index (χ1n) is 6.56. The van der Waals surface area contributed by atoms with Gasteiger partial charge in [-0.15, -0.1) is 0 Å². The third kappa shape index (κ3) is 2.43. The quantitative estimate of drug-likeness (QED) is 0.701. The van der Waals surface area contributed by atoms with E-state index in [0.717, 1.165) is 17.1 Å². The second kappa shape index (κ2) is 5.21. The van der Waals surface area contributed by atoms with Crippen LogP contribution < -0.4 is 4.90 Å². The number of anilines is 2. The van der Waals surface area contributed by atoms with Crippen LogP contribution in [0.4, 0.5) is 11.6 Å². The minimum absolute atomic E-state index is 0.638. The molecule has 0 bridgehead atoms. The Morgan fingerprint density at radius 3 is 2.35 bits per heavy atom. The van der Waals surface area contributed by atoms with Crippen molar-refractivity contribution in [2.45, 2.75) is 6.92 Å². The Morgan fingerprint density at radius 2 is 1.65 bits per heavy atom. The number of rotatable bonds is 3. The van der Waals surface area contributed by atoms with Crippen molar-refractivity contribution in [2.24, 2.45) is 0 Å². The summed E-state index contributed by atoms with van der Waals surface area (Å²) >= 11 is 0. The molecule has 2 aromatic carbocycles. The SMILES string of the molecule is Cc1ccc(N(C)c2cnc(-c3ccccc3)o2)cc1. The minimum atomic E-state index is 0.638. The van der Waals surface area contributed by atoms with E-state index >= 15 is 0 Å². The summed E-state index contributed by atoms with van der Waals surface area (Å²) in [6, 6.07) is 18.2. The van der Waals surface area contributed by atoms with Gasteiger partial charge in [-0.1, -0.05) is 35.9 Å². The number of aromatic nitrogens is 1. The van der Waals surface area contributed by atoms with Gasteiger partial charge in [0.2, 0.25) is 11.8 Å². The molecule has 0 spiro atoms. The van der Waals surface area contributed by atoms with Gasteiger partial charge in [-0.25, -0.2) is 4.98 Å². The van der Waals surface area contributed by atoms with Crippen LogP contribution in [0, 0.1) is 6.92 Å². The molecule has 3 heteroatoms. The molecule has 0 amide bonds. The summed E-state index contributed by atoms with van der Waals surface area (Å²) in [6.07, 6.45) is 1.75. The van der Waals surface area contributed by atoms with Gasteiger partial charge in [-0.05, 0) is 31.2 Å². The van der Waals surface area contributed by atoms with Crippen molar-refractivity contribution in [1.82, 2.24) is 4.98 Å². The highest BCUT2D eigenvalue weighted by molar-refractivity contribution is 5.60. The number of nitrogens with zero attached hydrogens (tertiary/aromatic N) is 2. The molecule has 0 unspecified atom stereocenters. The molecule has 3 nitrogen and oxygen atoms in total. The molecule has 1 heterocycles. The maximum Gasteiger partial charge on any atom is 0.228 e. The molecule has 0 saturated carbocycles. The van der Waals surface area contributed by atoms with Gasteiger partial charge in [-0.3, -0.25) is 0 Å². The van der Waals surface area contributed by atoms with Crippen molar-refractivity contribution in [3.05, 3.63) is 66.4 Å². The standard InChI is InChI=1S/C17H16N2O/c1-13-8-10-15(11-9-13)19(2)16-12-18-17(20-16)14-6-4-3-5-7-14/h3-12H,1-2H3. The van der Waals surface area contributed by atoms with Crippen LogP contribution in [0.15, 0.2) is 65.2 Å². The van der Waals surface area contributed by atoms with Gasteiger partial charge in [0.25, 0.3) is 0 Å². The Labute approximate surface area is 118 Å². The van der Waals surface area contributed by atoms with E-state index in [4.69, 9.17) is 4.42 Å². The summed E-state index contributed by atoms with van der Waals surface area (Å²) in [5, 5.41) is 0. The Bertz CT molecular complexity index is 687. The first-order valence-corrected chi connectivity index (χ1v) is 6.56. The van der Waals surface area contributed by atoms with E-state index < -0.39 is 0 Å². The first-order chi connectivity index (χ1) is 9.74. The third-order valence-corrected chi connectivity index (χ3v) is 3.27. The average molecular weight is 264 g/mol. The van der Waals surface area contributed by atoms with E-state index in [1.165, 1.54) is 5.56 Å². The predicted molar refractivity (Wildman–Crippen MR) is 81.2 cm³/mol. The molecule has 0 aliphatic rings. The first kappa shape index (κ1) is 12.5. The zero-order valence-electron chi connectivity index (χ0n) is 11.6. The van der Waals surface area contributed by atoms with Gasteiger partial charge in [0.1, 0.15) is 0 Å². The van der Waals surface area contributed by atoms with Crippen molar-refractivity contribution in [3.8, 4) is 11.5 Å². The van der Waals surface area contributed by atoms with Gasteiger partial charge >= 0.3 is 0 Å².